The maximum atomic E-state index is 6.05. The monoisotopic (exact) mass is 367 g/mol. The average Bonchev–Trinajstić information content (AvgIpc) is 2.47. The van der Waals surface area contributed by atoms with E-state index in [1.165, 1.54) is 11.1 Å². The third kappa shape index (κ3) is 4.47. The Bertz CT molecular complexity index is 603. The molecular formula is C17H19BrClNO. The third-order valence-electron chi connectivity index (χ3n) is 3.34. The highest BCUT2D eigenvalue weighted by molar-refractivity contribution is 9.10. The van der Waals surface area contributed by atoms with Crippen LogP contribution in [0.25, 0.3) is 0 Å². The van der Waals surface area contributed by atoms with Gasteiger partial charge in [0.2, 0.25) is 0 Å². The lowest BCUT2D eigenvalue weighted by Crippen LogP contribution is -2.18. The van der Waals surface area contributed by atoms with Gasteiger partial charge in [-0.2, -0.15) is 0 Å². The second kappa shape index (κ2) is 7.83. The highest BCUT2D eigenvalue weighted by atomic mass is 79.9. The van der Waals surface area contributed by atoms with Crippen molar-refractivity contribution in [1.29, 1.82) is 0 Å². The fraction of sp³-hybridized carbons (Fsp3) is 0.294. The van der Waals surface area contributed by atoms with Gasteiger partial charge in [0.05, 0.1) is 11.1 Å². The Labute approximate surface area is 139 Å². The van der Waals surface area contributed by atoms with E-state index in [9.17, 15) is 0 Å². The molecule has 2 aromatic rings. The molecule has 112 valence electrons. The lowest BCUT2D eigenvalue weighted by molar-refractivity contribution is 0.338. The Morgan fingerprint density at radius 3 is 2.67 bits per heavy atom. The minimum atomic E-state index is 0.232. The fourth-order valence-electron chi connectivity index (χ4n) is 2.29. The summed E-state index contributed by atoms with van der Waals surface area (Å²) in [5.41, 5.74) is 2.43. The molecule has 0 heterocycles. The van der Waals surface area contributed by atoms with Gasteiger partial charge in [-0.1, -0.05) is 29.8 Å². The second-order valence-electron chi connectivity index (χ2n) is 4.80. The van der Waals surface area contributed by atoms with E-state index in [0.717, 1.165) is 21.7 Å². The average molecular weight is 369 g/mol. The molecule has 1 N–H and O–H groups in total. The summed E-state index contributed by atoms with van der Waals surface area (Å²) in [6, 6.07) is 14.4. The van der Waals surface area contributed by atoms with Gasteiger partial charge in [-0.15, -0.1) is 0 Å². The summed E-state index contributed by atoms with van der Waals surface area (Å²) in [7, 11) is 1.97. The van der Waals surface area contributed by atoms with Crippen molar-refractivity contribution in [2.45, 2.75) is 19.4 Å². The summed E-state index contributed by atoms with van der Waals surface area (Å²) in [6.45, 7) is 2.64. The number of benzene rings is 2. The van der Waals surface area contributed by atoms with E-state index in [-0.39, 0.29) is 6.04 Å². The number of likely N-dealkylation sites (N-methyl/N-ethyl adjacent to an activating group) is 1. The lowest BCUT2D eigenvalue weighted by atomic mass is 9.99. The van der Waals surface area contributed by atoms with Crippen molar-refractivity contribution in [3.05, 3.63) is 63.1 Å². The van der Waals surface area contributed by atoms with Gasteiger partial charge in [-0.3, -0.25) is 0 Å². The zero-order valence-corrected chi connectivity index (χ0v) is 14.5. The number of rotatable bonds is 6. The molecule has 0 aliphatic carbocycles. The Morgan fingerprint density at radius 2 is 2.05 bits per heavy atom. The third-order valence-corrected chi connectivity index (χ3v) is 4.19. The summed E-state index contributed by atoms with van der Waals surface area (Å²) in [5, 5.41) is 4.13. The molecule has 2 nitrogen and oxygen atoms in total. The molecule has 0 aliphatic heterocycles. The maximum absolute atomic E-state index is 6.05. The number of ether oxygens (including phenoxy) is 1. The molecule has 4 heteroatoms. The standard InChI is InChI=1S/C17H19BrClNO/c1-3-21-17-8-7-13(11-15(17)18)16(20-2)10-12-5-4-6-14(19)9-12/h4-9,11,16,20H,3,10H2,1-2H3. The van der Waals surface area contributed by atoms with Crippen LogP contribution in [0.5, 0.6) is 5.75 Å². The number of hydrogen-bond acceptors (Lipinski definition) is 2. The maximum Gasteiger partial charge on any atom is 0.133 e. The second-order valence-corrected chi connectivity index (χ2v) is 6.09. The first kappa shape index (κ1) is 16.3. The number of hydrogen-bond donors (Lipinski definition) is 1. The fourth-order valence-corrected chi connectivity index (χ4v) is 3.02. The van der Waals surface area contributed by atoms with Crippen LogP contribution in [0.2, 0.25) is 5.02 Å². The Morgan fingerprint density at radius 1 is 1.24 bits per heavy atom. The molecule has 1 atom stereocenters. The molecule has 2 rings (SSSR count). The van der Waals surface area contributed by atoms with Crippen molar-refractivity contribution in [3.8, 4) is 5.75 Å². The van der Waals surface area contributed by atoms with Crippen molar-refractivity contribution < 1.29 is 4.74 Å². The molecule has 0 radical (unpaired) electrons. The van der Waals surface area contributed by atoms with Crippen molar-refractivity contribution in [2.75, 3.05) is 13.7 Å². The topological polar surface area (TPSA) is 21.3 Å². The van der Waals surface area contributed by atoms with Crippen LogP contribution in [0.15, 0.2) is 46.9 Å². The lowest BCUT2D eigenvalue weighted by Gasteiger charge is -2.18. The molecule has 0 saturated carbocycles. The molecule has 0 fully saturated rings. The van der Waals surface area contributed by atoms with Gasteiger partial charge in [-0.05, 0) is 71.7 Å². The van der Waals surface area contributed by atoms with Crippen LogP contribution in [-0.4, -0.2) is 13.7 Å². The Hall–Kier alpha value is -1.03. The van der Waals surface area contributed by atoms with Crippen molar-refractivity contribution in [2.24, 2.45) is 0 Å². The number of nitrogens with one attached hydrogen (secondary N) is 1. The van der Waals surface area contributed by atoms with Gasteiger partial charge in [0, 0.05) is 11.1 Å². The first-order valence-electron chi connectivity index (χ1n) is 6.98. The van der Waals surface area contributed by atoms with Gasteiger partial charge >= 0.3 is 0 Å². The van der Waals surface area contributed by atoms with Gasteiger partial charge in [-0.25, -0.2) is 0 Å². The van der Waals surface area contributed by atoms with E-state index in [2.05, 4.69) is 39.4 Å². The van der Waals surface area contributed by atoms with Crippen molar-refractivity contribution in [1.82, 2.24) is 5.32 Å². The Kier molecular flexibility index (Phi) is 6.09. The van der Waals surface area contributed by atoms with E-state index >= 15 is 0 Å². The quantitative estimate of drug-likeness (QED) is 0.774. The molecule has 0 amide bonds. The molecule has 1 unspecified atom stereocenters. The van der Waals surface area contributed by atoms with E-state index < -0.39 is 0 Å². The Balaban J connectivity index is 2.19. The van der Waals surface area contributed by atoms with E-state index in [4.69, 9.17) is 16.3 Å². The van der Waals surface area contributed by atoms with Crippen LogP contribution < -0.4 is 10.1 Å². The molecule has 0 saturated heterocycles. The van der Waals surface area contributed by atoms with Gasteiger partial charge in [0.25, 0.3) is 0 Å². The predicted octanol–water partition coefficient (Wildman–Crippen LogP) is 5.00. The predicted molar refractivity (Wildman–Crippen MR) is 92.3 cm³/mol. The zero-order chi connectivity index (χ0) is 15.2. The molecular weight excluding hydrogens is 350 g/mol. The van der Waals surface area contributed by atoms with Crippen LogP contribution in [0.4, 0.5) is 0 Å². The molecule has 0 aromatic heterocycles. The molecule has 0 aliphatic rings. The molecule has 2 aromatic carbocycles. The normalized spacial score (nSPS) is 12.2. The largest absolute Gasteiger partial charge is 0.493 e. The van der Waals surface area contributed by atoms with Gasteiger partial charge in [0.1, 0.15) is 5.75 Å². The SMILES string of the molecule is CCOc1ccc(C(Cc2cccc(Cl)c2)NC)cc1Br. The molecule has 0 bridgehead atoms. The summed E-state index contributed by atoms with van der Waals surface area (Å²) < 4.78 is 6.53. The van der Waals surface area contributed by atoms with Crippen LogP contribution in [-0.2, 0) is 6.42 Å². The van der Waals surface area contributed by atoms with Crippen LogP contribution in [0.1, 0.15) is 24.1 Å². The highest BCUT2D eigenvalue weighted by Gasteiger charge is 2.12. The minimum Gasteiger partial charge on any atom is -0.493 e. The highest BCUT2D eigenvalue weighted by Crippen LogP contribution is 2.29. The smallest absolute Gasteiger partial charge is 0.133 e. The van der Waals surface area contributed by atoms with Gasteiger partial charge < -0.3 is 10.1 Å². The van der Waals surface area contributed by atoms with E-state index in [0.29, 0.717) is 6.61 Å². The van der Waals surface area contributed by atoms with Crippen LogP contribution in [0.3, 0.4) is 0 Å². The van der Waals surface area contributed by atoms with Crippen LogP contribution in [0, 0.1) is 0 Å². The van der Waals surface area contributed by atoms with Gasteiger partial charge in [0.15, 0.2) is 0 Å². The zero-order valence-electron chi connectivity index (χ0n) is 12.2. The first-order valence-corrected chi connectivity index (χ1v) is 8.15. The van der Waals surface area contributed by atoms with Crippen molar-refractivity contribution >= 4 is 27.5 Å². The molecule has 21 heavy (non-hydrogen) atoms. The summed E-state index contributed by atoms with van der Waals surface area (Å²) in [6.07, 6.45) is 0.886. The number of halogens is 2. The van der Waals surface area contributed by atoms with Crippen LogP contribution >= 0.6 is 27.5 Å². The molecule has 0 spiro atoms. The van der Waals surface area contributed by atoms with Crippen molar-refractivity contribution in [3.63, 3.8) is 0 Å². The summed E-state index contributed by atoms with van der Waals surface area (Å²) >= 11 is 9.62. The van der Waals surface area contributed by atoms with E-state index in [1.54, 1.807) is 0 Å². The minimum absolute atomic E-state index is 0.232. The first-order chi connectivity index (χ1) is 10.1. The van der Waals surface area contributed by atoms with E-state index in [1.807, 2.05) is 38.2 Å². The summed E-state index contributed by atoms with van der Waals surface area (Å²) in [4.78, 5) is 0. The summed E-state index contributed by atoms with van der Waals surface area (Å²) in [5.74, 6) is 0.874.